The maximum atomic E-state index is 12.6. The quantitative estimate of drug-likeness (QED) is 0.730. The number of carbonyl (C=O) groups excluding carboxylic acids is 2. The van der Waals surface area contributed by atoms with Gasteiger partial charge in [0, 0.05) is 13.1 Å². The van der Waals surface area contributed by atoms with E-state index in [9.17, 15) is 9.59 Å². The Balaban J connectivity index is 5.03. The third kappa shape index (κ3) is 5.23. The smallest absolute Gasteiger partial charge is 0.407 e. The topological polar surface area (TPSA) is 58.6 Å². The van der Waals surface area contributed by atoms with Crippen LogP contribution >= 0.6 is 0 Å². The Kier molecular flexibility index (Phi) is 7.96. The Morgan fingerprint density at radius 2 is 1.80 bits per heavy atom. The maximum absolute atomic E-state index is 12.6. The van der Waals surface area contributed by atoms with Crippen molar-refractivity contribution in [2.45, 2.75) is 46.2 Å². The molecule has 0 aliphatic heterocycles. The van der Waals surface area contributed by atoms with E-state index < -0.39 is 12.1 Å². The van der Waals surface area contributed by atoms with Crippen LogP contribution in [0.25, 0.3) is 0 Å². The van der Waals surface area contributed by atoms with Crippen LogP contribution in [0.15, 0.2) is 12.7 Å². The minimum absolute atomic E-state index is 0.0133. The largest absolute Gasteiger partial charge is 0.453 e. The fourth-order valence-corrected chi connectivity index (χ4v) is 2.13. The van der Waals surface area contributed by atoms with Gasteiger partial charge in [0.15, 0.2) is 0 Å². The van der Waals surface area contributed by atoms with Crippen LogP contribution in [-0.2, 0) is 9.53 Å². The number of nitrogens with zero attached hydrogens (tertiary/aromatic N) is 1. The first-order chi connectivity index (χ1) is 9.26. The van der Waals surface area contributed by atoms with Crippen LogP contribution in [-0.4, -0.2) is 43.1 Å². The van der Waals surface area contributed by atoms with Gasteiger partial charge in [-0.15, -0.1) is 6.58 Å². The molecule has 0 rings (SSSR count). The summed E-state index contributed by atoms with van der Waals surface area (Å²) in [5.74, 6) is 0.194. The van der Waals surface area contributed by atoms with Crippen LogP contribution in [0.1, 0.15) is 34.1 Å². The lowest BCUT2D eigenvalue weighted by molar-refractivity contribution is -0.136. The second-order valence-corrected chi connectivity index (χ2v) is 5.64. The predicted octanol–water partition coefficient (Wildman–Crippen LogP) is 2.43. The summed E-state index contributed by atoms with van der Waals surface area (Å²) in [5, 5.41) is 2.60. The minimum Gasteiger partial charge on any atom is -0.453 e. The van der Waals surface area contributed by atoms with Crippen LogP contribution < -0.4 is 5.32 Å². The standard InChI is InChI=1S/C15H28N2O3/c1-8-9-12(10(2)3)17(6)14(18)13(11(4)5)16-15(19)20-7/h8,10-13H,1,9H2,2-7H3,(H,16,19)/t12-,13-/m0/s1. The molecule has 5 heteroatoms. The summed E-state index contributed by atoms with van der Waals surface area (Å²) >= 11 is 0. The molecule has 2 amide bonds. The molecule has 0 saturated carbocycles. The summed E-state index contributed by atoms with van der Waals surface area (Å²) in [4.78, 5) is 25.6. The molecule has 0 unspecified atom stereocenters. The van der Waals surface area contributed by atoms with Crippen molar-refractivity contribution < 1.29 is 14.3 Å². The summed E-state index contributed by atoms with van der Waals surface area (Å²) in [7, 11) is 3.06. The second-order valence-electron chi connectivity index (χ2n) is 5.64. The third-order valence-corrected chi connectivity index (χ3v) is 3.41. The van der Waals surface area contributed by atoms with Crippen LogP contribution in [0, 0.1) is 11.8 Å². The highest BCUT2D eigenvalue weighted by Gasteiger charge is 2.31. The van der Waals surface area contributed by atoms with Crippen molar-refractivity contribution in [3.05, 3.63) is 12.7 Å². The van der Waals surface area contributed by atoms with Crippen molar-refractivity contribution >= 4 is 12.0 Å². The van der Waals surface area contributed by atoms with Gasteiger partial charge in [-0.3, -0.25) is 4.79 Å². The first-order valence-electron chi connectivity index (χ1n) is 6.98. The van der Waals surface area contributed by atoms with E-state index in [0.717, 1.165) is 6.42 Å². The molecule has 0 heterocycles. The Bertz CT molecular complexity index is 340. The molecule has 5 nitrogen and oxygen atoms in total. The molecule has 0 aliphatic rings. The average Bonchev–Trinajstić information content (AvgIpc) is 2.39. The number of rotatable bonds is 7. The van der Waals surface area contributed by atoms with E-state index in [-0.39, 0.29) is 17.9 Å². The van der Waals surface area contributed by atoms with E-state index in [1.54, 1.807) is 11.9 Å². The van der Waals surface area contributed by atoms with E-state index in [0.29, 0.717) is 5.92 Å². The first kappa shape index (κ1) is 18.5. The highest BCUT2D eigenvalue weighted by atomic mass is 16.5. The number of alkyl carbamates (subject to hydrolysis) is 1. The van der Waals surface area contributed by atoms with Gasteiger partial charge in [-0.2, -0.15) is 0 Å². The number of likely N-dealkylation sites (N-methyl/N-ethyl adjacent to an activating group) is 1. The lowest BCUT2D eigenvalue weighted by atomic mass is 9.96. The van der Waals surface area contributed by atoms with Gasteiger partial charge in [0.25, 0.3) is 0 Å². The molecule has 1 N–H and O–H groups in total. The molecule has 0 radical (unpaired) electrons. The van der Waals surface area contributed by atoms with Crippen molar-refractivity contribution in [2.75, 3.05) is 14.2 Å². The van der Waals surface area contributed by atoms with Gasteiger partial charge in [0.2, 0.25) is 5.91 Å². The third-order valence-electron chi connectivity index (χ3n) is 3.41. The fourth-order valence-electron chi connectivity index (χ4n) is 2.13. The van der Waals surface area contributed by atoms with E-state index >= 15 is 0 Å². The number of amides is 2. The molecule has 0 fully saturated rings. The Labute approximate surface area is 122 Å². The monoisotopic (exact) mass is 284 g/mol. The molecule has 0 aliphatic carbocycles. The van der Waals surface area contributed by atoms with Crippen LogP contribution in [0.3, 0.4) is 0 Å². The molecular formula is C15H28N2O3. The van der Waals surface area contributed by atoms with Gasteiger partial charge in [-0.25, -0.2) is 4.79 Å². The van der Waals surface area contributed by atoms with Crippen molar-refractivity contribution in [3.63, 3.8) is 0 Å². The number of hydrogen-bond donors (Lipinski definition) is 1. The van der Waals surface area contributed by atoms with Gasteiger partial charge >= 0.3 is 6.09 Å². The fraction of sp³-hybridized carbons (Fsp3) is 0.733. The normalized spacial score (nSPS) is 13.8. The Morgan fingerprint density at radius 3 is 2.15 bits per heavy atom. The summed E-state index contributed by atoms with van der Waals surface area (Å²) in [6, 6.07) is -0.515. The summed E-state index contributed by atoms with van der Waals surface area (Å²) in [6.07, 6.45) is 1.95. The van der Waals surface area contributed by atoms with Gasteiger partial charge in [0.1, 0.15) is 6.04 Å². The summed E-state index contributed by atoms with van der Waals surface area (Å²) in [6.45, 7) is 11.7. The van der Waals surface area contributed by atoms with Crippen LogP contribution in [0.2, 0.25) is 0 Å². The summed E-state index contributed by atoms with van der Waals surface area (Å²) in [5.41, 5.74) is 0. The van der Waals surface area contributed by atoms with E-state index in [1.165, 1.54) is 7.11 Å². The van der Waals surface area contributed by atoms with Crippen molar-refractivity contribution in [2.24, 2.45) is 11.8 Å². The van der Waals surface area contributed by atoms with E-state index in [4.69, 9.17) is 0 Å². The lowest BCUT2D eigenvalue weighted by Crippen LogP contribution is -2.53. The van der Waals surface area contributed by atoms with Gasteiger partial charge < -0.3 is 15.0 Å². The van der Waals surface area contributed by atoms with Crippen molar-refractivity contribution in [1.82, 2.24) is 10.2 Å². The lowest BCUT2D eigenvalue weighted by Gasteiger charge is -2.34. The molecule has 20 heavy (non-hydrogen) atoms. The van der Waals surface area contributed by atoms with Crippen LogP contribution in [0.4, 0.5) is 4.79 Å². The van der Waals surface area contributed by atoms with Gasteiger partial charge in [0.05, 0.1) is 7.11 Å². The molecule has 0 spiro atoms. The number of nitrogens with one attached hydrogen (secondary N) is 1. The maximum Gasteiger partial charge on any atom is 0.407 e. The van der Waals surface area contributed by atoms with Gasteiger partial charge in [-0.05, 0) is 18.3 Å². The number of ether oxygens (including phenoxy) is 1. The zero-order chi connectivity index (χ0) is 15.9. The molecule has 116 valence electrons. The molecular weight excluding hydrogens is 256 g/mol. The van der Waals surface area contributed by atoms with E-state index in [2.05, 4.69) is 30.5 Å². The minimum atomic E-state index is -0.588. The molecule has 0 aromatic heterocycles. The average molecular weight is 284 g/mol. The zero-order valence-corrected chi connectivity index (χ0v) is 13.5. The molecule has 0 bridgehead atoms. The van der Waals surface area contributed by atoms with E-state index in [1.807, 2.05) is 19.9 Å². The first-order valence-corrected chi connectivity index (χ1v) is 6.98. The van der Waals surface area contributed by atoms with Crippen LogP contribution in [0.5, 0.6) is 0 Å². The van der Waals surface area contributed by atoms with Gasteiger partial charge in [-0.1, -0.05) is 33.8 Å². The number of carbonyl (C=O) groups is 2. The molecule has 0 saturated heterocycles. The SMILES string of the molecule is C=CC[C@@H](C(C)C)N(C)C(=O)[C@@H](NC(=O)OC)C(C)C. The number of methoxy groups -OCH3 is 1. The second kappa shape index (κ2) is 8.61. The molecule has 0 aromatic rings. The van der Waals surface area contributed by atoms with Crippen molar-refractivity contribution in [1.29, 1.82) is 0 Å². The highest BCUT2D eigenvalue weighted by molar-refractivity contribution is 5.86. The molecule has 0 aromatic carbocycles. The zero-order valence-electron chi connectivity index (χ0n) is 13.5. The number of hydrogen-bond acceptors (Lipinski definition) is 3. The predicted molar refractivity (Wildman–Crippen MR) is 80.4 cm³/mol. The molecule has 2 atom stereocenters. The Morgan fingerprint density at radius 1 is 1.25 bits per heavy atom. The summed E-state index contributed by atoms with van der Waals surface area (Å²) < 4.78 is 4.58. The van der Waals surface area contributed by atoms with Crippen molar-refractivity contribution in [3.8, 4) is 0 Å². The Hall–Kier alpha value is -1.52. The highest BCUT2D eigenvalue weighted by Crippen LogP contribution is 2.16.